The Kier molecular flexibility index (Phi) is 6.88. The van der Waals surface area contributed by atoms with Gasteiger partial charge in [-0.05, 0) is 68.8 Å². The third-order valence-electron chi connectivity index (χ3n) is 5.43. The lowest BCUT2D eigenvalue weighted by atomic mass is 9.90. The van der Waals surface area contributed by atoms with Crippen LogP contribution in [-0.4, -0.2) is 50.2 Å². The van der Waals surface area contributed by atoms with Crippen molar-refractivity contribution in [3.8, 4) is 0 Å². The SMILES string of the molecule is CCCOCC1CCN(C(=O)c2cccc(CC3CCNCC3)c2)C1. The summed E-state index contributed by atoms with van der Waals surface area (Å²) in [7, 11) is 0. The van der Waals surface area contributed by atoms with Crippen LogP contribution in [0.4, 0.5) is 0 Å². The summed E-state index contributed by atoms with van der Waals surface area (Å²) in [5.74, 6) is 1.43. The van der Waals surface area contributed by atoms with Crippen LogP contribution >= 0.6 is 0 Å². The maximum Gasteiger partial charge on any atom is 0.253 e. The van der Waals surface area contributed by atoms with Crippen LogP contribution in [0.1, 0.15) is 48.5 Å². The topological polar surface area (TPSA) is 41.6 Å². The average molecular weight is 344 g/mol. The van der Waals surface area contributed by atoms with Gasteiger partial charge in [0.1, 0.15) is 0 Å². The molecule has 2 fully saturated rings. The van der Waals surface area contributed by atoms with Crippen molar-refractivity contribution in [1.29, 1.82) is 0 Å². The van der Waals surface area contributed by atoms with Crippen LogP contribution in [0.15, 0.2) is 24.3 Å². The molecule has 0 aliphatic carbocycles. The molecule has 1 aromatic rings. The standard InChI is InChI=1S/C21H32N2O2/c1-2-12-25-16-19-8-11-23(15-19)21(24)20-5-3-4-18(14-20)13-17-6-9-22-10-7-17/h3-5,14,17,19,22H,2,6-13,15-16H2,1H3. The quantitative estimate of drug-likeness (QED) is 0.773. The van der Waals surface area contributed by atoms with Gasteiger partial charge in [0.15, 0.2) is 0 Å². The molecule has 0 saturated carbocycles. The number of ether oxygens (including phenoxy) is 1. The molecule has 2 heterocycles. The van der Waals surface area contributed by atoms with Crippen molar-refractivity contribution < 1.29 is 9.53 Å². The number of carbonyl (C=O) groups is 1. The molecule has 2 aliphatic heterocycles. The molecular weight excluding hydrogens is 312 g/mol. The minimum Gasteiger partial charge on any atom is -0.381 e. The molecule has 0 radical (unpaired) electrons. The zero-order valence-corrected chi connectivity index (χ0v) is 15.5. The minimum atomic E-state index is 0.185. The first-order chi connectivity index (χ1) is 12.3. The Labute approximate surface area is 151 Å². The van der Waals surface area contributed by atoms with Gasteiger partial charge >= 0.3 is 0 Å². The fraction of sp³-hybridized carbons (Fsp3) is 0.667. The van der Waals surface area contributed by atoms with Crippen molar-refractivity contribution in [2.45, 2.75) is 39.0 Å². The van der Waals surface area contributed by atoms with Crippen molar-refractivity contribution in [2.75, 3.05) is 39.4 Å². The van der Waals surface area contributed by atoms with E-state index in [0.29, 0.717) is 5.92 Å². The van der Waals surface area contributed by atoms with Gasteiger partial charge in [0.25, 0.3) is 5.91 Å². The number of rotatable bonds is 7. The highest BCUT2D eigenvalue weighted by atomic mass is 16.5. The van der Waals surface area contributed by atoms with E-state index in [4.69, 9.17) is 4.74 Å². The van der Waals surface area contributed by atoms with Gasteiger partial charge in [-0.2, -0.15) is 0 Å². The molecule has 1 unspecified atom stereocenters. The summed E-state index contributed by atoms with van der Waals surface area (Å²) in [6, 6.07) is 8.30. The van der Waals surface area contributed by atoms with Gasteiger partial charge in [0, 0.05) is 31.2 Å². The molecule has 2 saturated heterocycles. The van der Waals surface area contributed by atoms with Crippen molar-refractivity contribution in [3.05, 3.63) is 35.4 Å². The molecule has 0 spiro atoms. The number of benzene rings is 1. The summed E-state index contributed by atoms with van der Waals surface area (Å²) < 4.78 is 5.66. The molecule has 2 aliphatic rings. The predicted octanol–water partition coefficient (Wildman–Crippen LogP) is 3.12. The van der Waals surface area contributed by atoms with Gasteiger partial charge in [0.2, 0.25) is 0 Å². The number of hydrogen-bond acceptors (Lipinski definition) is 3. The van der Waals surface area contributed by atoms with Crippen LogP contribution in [0, 0.1) is 11.8 Å². The molecule has 0 bridgehead atoms. The van der Waals surface area contributed by atoms with E-state index >= 15 is 0 Å². The Balaban J connectivity index is 1.54. The minimum absolute atomic E-state index is 0.185. The monoisotopic (exact) mass is 344 g/mol. The molecular formula is C21H32N2O2. The maximum absolute atomic E-state index is 12.8. The smallest absolute Gasteiger partial charge is 0.253 e. The van der Waals surface area contributed by atoms with E-state index in [2.05, 4.69) is 24.4 Å². The average Bonchev–Trinajstić information content (AvgIpc) is 3.11. The van der Waals surface area contributed by atoms with E-state index < -0.39 is 0 Å². The number of carbonyl (C=O) groups excluding carboxylic acids is 1. The van der Waals surface area contributed by atoms with Crippen molar-refractivity contribution in [1.82, 2.24) is 10.2 Å². The summed E-state index contributed by atoms with van der Waals surface area (Å²) in [5.41, 5.74) is 2.15. The zero-order valence-electron chi connectivity index (χ0n) is 15.5. The second-order valence-electron chi connectivity index (χ2n) is 7.58. The first kappa shape index (κ1) is 18.4. The predicted molar refractivity (Wildman–Crippen MR) is 101 cm³/mol. The molecule has 1 aromatic carbocycles. The van der Waals surface area contributed by atoms with Crippen molar-refractivity contribution in [2.24, 2.45) is 11.8 Å². The first-order valence-corrected chi connectivity index (χ1v) is 9.93. The third kappa shape index (κ3) is 5.29. The summed E-state index contributed by atoms with van der Waals surface area (Å²) >= 11 is 0. The Hall–Kier alpha value is -1.39. The van der Waals surface area contributed by atoms with E-state index in [1.54, 1.807) is 0 Å². The fourth-order valence-electron chi connectivity index (χ4n) is 3.98. The third-order valence-corrected chi connectivity index (χ3v) is 5.43. The van der Waals surface area contributed by atoms with Gasteiger partial charge in [-0.3, -0.25) is 4.79 Å². The molecule has 4 nitrogen and oxygen atoms in total. The maximum atomic E-state index is 12.8. The summed E-state index contributed by atoms with van der Waals surface area (Å²) in [6.07, 6.45) is 5.69. The first-order valence-electron chi connectivity index (χ1n) is 9.93. The number of nitrogens with one attached hydrogen (secondary N) is 1. The molecule has 0 aromatic heterocycles. The highest BCUT2D eigenvalue weighted by Crippen LogP contribution is 2.22. The number of piperidine rings is 1. The van der Waals surface area contributed by atoms with E-state index in [0.717, 1.165) is 70.1 Å². The fourth-order valence-corrected chi connectivity index (χ4v) is 3.98. The number of likely N-dealkylation sites (tertiary alicyclic amines) is 1. The lowest BCUT2D eigenvalue weighted by Crippen LogP contribution is -2.30. The van der Waals surface area contributed by atoms with Gasteiger partial charge < -0.3 is 15.0 Å². The van der Waals surface area contributed by atoms with Gasteiger partial charge in [0.05, 0.1) is 6.61 Å². The highest BCUT2D eigenvalue weighted by molar-refractivity contribution is 5.94. The highest BCUT2D eigenvalue weighted by Gasteiger charge is 2.27. The Bertz CT molecular complexity index is 555. The van der Waals surface area contributed by atoms with E-state index in [9.17, 15) is 4.79 Å². The van der Waals surface area contributed by atoms with E-state index in [-0.39, 0.29) is 5.91 Å². The van der Waals surface area contributed by atoms with Crippen molar-refractivity contribution in [3.63, 3.8) is 0 Å². The van der Waals surface area contributed by atoms with Crippen LogP contribution in [0.25, 0.3) is 0 Å². The van der Waals surface area contributed by atoms with Crippen LogP contribution in [-0.2, 0) is 11.2 Å². The lowest BCUT2D eigenvalue weighted by molar-refractivity contribution is 0.0754. The zero-order chi connectivity index (χ0) is 17.5. The van der Waals surface area contributed by atoms with Crippen LogP contribution < -0.4 is 5.32 Å². The van der Waals surface area contributed by atoms with Crippen LogP contribution in [0.2, 0.25) is 0 Å². The number of nitrogens with zero attached hydrogens (tertiary/aromatic N) is 1. The van der Waals surface area contributed by atoms with Gasteiger partial charge in [-0.25, -0.2) is 0 Å². The van der Waals surface area contributed by atoms with Gasteiger partial charge in [-0.15, -0.1) is 0 Å². The summed E-state index contributed by atoms with van der Waals surface area (Å²) in [5, 5.41) is 3.42. The van der Waals surface area contributed by atoms with Crippen LogP contribution in [0.3, 0.4) is 0 Å². The van der Waals surface area contributed by atoms with Gasteiger partial charge in [-0.1, -0.05) is 19.1 Å². The molecule has 1 atom stereocenters. The number of amides is 1. The molecule has 1 amide bonds. The second kappa shape index (κ2) is 9.35. The summed E-state index contributed by atoms with van der Waals surface area (Å²) in [4.78, 5) is 14.8. The Morgan fingerprint density at radius 3 is 2.88 bits per heavy atom. The van der Waals surface area contributed by atoms with Crippen molar-refractivity contribution >= 4 is 5.91 Å². The molecule has 138 valence electrons. The van der Waals surface area contributed by atoms with Crippen LogP contribution in [0.5, 0.6) is 0 Å². The lowest BCUT2D eigenvalue weighted by Gasteiger charge is -2.23. The Morgan fingerprint density at radius 2 is 2.08 bits per heavy atom. The molecule has 3 rings (SSSR count). The number of hydrogen-bond donors (Lipinski definition) is 1. The normalized spacial score (nSPS) is 21.6. The Morgan fingerprint density at radius 1 is 1.24 bits per heavy atom. The van der Waals surface area contributed by atoms with E-state index in [1.165, 1.54) is 18.4 Å². The summed E-state index contributed by atoms with van der Waals surface area (Å²) in [6.45, 7) is 7.67. The van der Waals surface area contributed by atoms with E-state index in [1.807, 2.05) is 17.0 Å². The second-order valence-corrected chi connectivity index (χ2v) is 7.58. The molecule has 25 heavy (non-hydrogen) atoms. The largest absolute Gasteiger partial charge is 0.381 e. The molecule has 4 heteroatoms. The molecule has 1 N–H and O–H groups in total.